The predicted molar refractivity (Wildman–Crippen MR) is 84.5 cm³/mol. The standard InChI is InChI=1S/C14H15BrClNS/c1-2-5-17-7-11-6-10(3-4-14(11)16)12-8-18-9-13(12)15/h3-4,6,8-9,17H,2,5,7H2,1H3. The third-order valence-corrected chi connectivity index (χ3v) is 4.79. The van der Waals surface area contributed by atoms with Gasteiger partial charge in [0, 0.05) is 27.0 Å². The Morgan fingerprint density at radius 3 is 2.83 bits per heavy atom. The lowest BCUT2D eigenvalue weighted by atomic mass is 10.1. The van der Waals surface area contributed by atoms with Crippen molar-refractivity contribution in [2.45, 2.75) is 19.9 Å². The molecule has 0 aliphatic carbocycles. The van der Waals surface area contributed by atoms with Crippen molar-refractivity contribution in [3.05, 3.63) is 44.0 Å². The van der Waals surface area contributed by atoms with Crippen LogP contribution in [0, 0.1) is 0 Å². The van der Waals surface area contributed by atoms with Gasteiger partial charge in [-0.2, -0.15) is 11.3 Å². The van der Waals surface area contributed by atoms with Crippen LogP contribution in [0.3, 0.4) is 0 Å². The first-order valence-corrected chi connectivity index (χ1v) is 8.05. The number of hydrogen-bond donors (Lipinski definition) is 1. The van der Waals surface area contributed by atoms with Crippen molar-refractivity contribution >= 4 is 38.9 Å². The summed E-state index contributed by atoms with van der Waals surface area (Å²) in [6.07, 6.45) is 1.13. The second-order valence-electron chi connectivity index (χ2n) is 4.12. The fourth-order valence-corrected chi connectivity index (χ4v) is 3.48. The maximum Gasteiger partial charge on any atom is 0.0451 e. The zero-order valence-electron chi connectivity index (χ0n) is 10.2. The molecule has 2 aromatic rings. The highest BCUT2D eigenvalue weighted by molar-refractivity contribution is 9.10. The van der Waals surface area contributed by atoms with Crippen molar-refractivity contribution < 1.29 is 0 Å². The van der Waals surface area contributed by atoms with Gasteiger partial charge in [-0.1, -0.05) is 24.6 Å². The number of benzene rings is 1. The molecule has 1 aromatic heterocycles. The number of hydrogen-bond acceptors (Lipinski definition) is 2. The summed E-state index contributed by atoms with van der Waals surface area (Å²) in [5, 5.41) is 8.46. The van der Waals surface area contributed by atoms with Crippen molar-refractivity contribution in [2.75, 3.05) is 6.54 Å². The van der Waals surface area contributed by atoms with E-state index in [0.29, 0.717) is 0 Å². The first kappa shape index (κ1) is 14.1. The monoisotopic (exact) mass is 343 g/mol. The number of halogens is 2. The molecule has 4 heteroatoms. The van der Waals surface area contributed by atoms with Gasteiger partial charge in [-0.25, -0.2) is 0 Å². The largest absolute Gasteiger partial charge is 0.313 e. The summed E-state index contributed by atoms with van der Waals surface area (Å²) < 4.78 is 1.14. The van der Waals surface area contributed by atoms with E-state index < -0.39 is 0 Å². The fourth-order valence-electron chi connectivity index (χ4n) is 1.77. The molecule has 0 saturated carbocycles. The van der Waals surface area contributed by atoms with Crippen LogP contribution in [0.5, 0.6) is 0 Å². The molecule has 1 aromatic carbocycles. The Morgan fingerprint density at radius 2 is 2.17 bits per heavy atom. The Labute approximate surface area is 125 Å². The minimum atomic E-state index is 0.822. The van der Waals surface area contributed by atoms with Crippen molar-refractivity contribution in [2.24, 2.45) is 0 Å². The average molecular weight is 345 g/mol. The normalized spacial score (nSPS) is 10.8. The highest BCUT2D eigenvalue weighted by Gasteiger charge is 2.07. The zero-order chi connectivity index (χ0) is 13.0. The van der Waals surface area contributed by atoms with E-state index in [2.05, 4.69) is 51.1 Å². The molecule has 0 atom stereocenters. The lowest BCUT2D eigenvalue weighted by Gasteiger charge is -2.08. The molecule has 0 fully saturated rings. The van der Waals surface area contributed by atoms with Crippen molar-refractivity contribution in [1.82, 2.24) is 5.32 Å². The SMILES string of the molecule is CCCNCc1cc(-c2cscc2Br)ccc1Cl. The highest BCUT2D eigenvalue weighted by Crippen LogP contribution is 2.33. The van der Waals surface area contributed by atoms with Gasteiger partial charge in [-0.3, -0.25) is 0 Å². The summed E-state index contributed by atoms with van der Waals surface area (Å²) in [6.45, 7) is 4.00. The number of rotatable bonds is 5. The van der Waals surface area contributed by atoms with Crippen molar-refractivity contribution in [1.29, 1.82) is 0 Å². The molecule has 1 nitrogen and oxygen atoms in total. The molecular formula is C14H15BrClNS. The van der Waals surface area contributed by atoms with E-state index in [1.165, 1.54) is 11.1 Å². The summed E-state index contributed by atoms with van der Waals surface area (Å²) in [4.78, 5) is 0. The summed E-state index contributed by atoms with van der Waals surface area (Å²) in [7, 11) is 0. The topological polar surface area (TPSA) is 12.0 Å². The minimum absolute atomic E-state index is 0.822. The molecular weight excluding hydrogens is 330 g/mol. The van der Waals surface area contributed by atoms with Gasteiger partial charge in [0.05, 0.1) is 0 Å². The van der Waals surface area contributed by atoms with Crippen LogP contribution in [-0.2, 0) is 6.54 Å². The van der Waals surface area contributed by atoms with Crippen LogP contribution in [-0.4, -0.2) is 6.54 Å². The van der Waals surface area contributed by atoms with Crippen LogP contribution >= 0.6 is 38.9 Å². The molecule has 0 saturated heterocycles. The lowest BCUT2D eigenvalue weighted by molar-refractivity contribution is 0.676. The molecule has 0 bridgehead atoms. The summed E-state index contributed by atoms with van der Waals surface area (Å²) in [6, 6.07) is 6.21. The molecule has 0 spiro atoms. The molecule has 2 rings (SSSR count). The fraction of sp³-hybridized carbons (Fsp3) is 0.286. The van der Waals surface area contributed by atoms with Crippen LogP contribution < -0.4 is 5.32 Å². The predicted octanol–water partition coefficient (Wildman–Crippen LogP) is 5.33. The molecule has 0 aliphatic rings. The Bertz CT molecular complexity index is 524. The second kappa shape index (κ2) is 6.71. The number of thiophene rings is 1. The van der Waals surface area contributed by atoms with Gasteiger partial charge in [-0.15, -0.1) is 0 Å². The van der Waals surface area contributed by atoms with Gasteiger partial charge in [0.25, 0.3) is 0 Å². The first-order chi connectivity index (χ1) is 8.72. The van der Waals surface area contributed by atoms with E-state index >= 15 is 0 Å². The van der Waals surface area contributed by atoms with E-state index in [9.17, 15) is 0 Å². The number of nitrogens with one attached hydrogen (secondary N) is 1. The van der Waals surface area contributed by atoms with Gasteiger partial charge in [0.1, 0.15) is 0 Å². The third-order valence-electron chi connectivity index (χ3n) is 2.71. The molecule has 96 valence electrons. The first-order valence-electron chi connectivity index (χ1n) is 5.93. The summed E-state index contributed by atoms with van der Waals surface area (Å²) in [5.74, 6) is 0. The van der Waals surface area contributed by atoms with Gasteiger partial charge < -0.3 is 5.32 Å². The Balaban J connectivity index is 2.23. The van der Waals surface area contributed by atoms with Gasteiger partial charge in [0.15, 0.2) is 0 Å². The minimum Gasteiger partial charge on any atom is -0.313 e. The molecule has 0 unspecified atom stereocenters. The second-order valence-corrected chi connectivity index (χ2v) is 6.12. The molecule has 18 heavy (non-hydrogen) atoms. The maximum atomic E-state index is 6.23. The van der Waals surface area contributed by atoms with Gasteiger partial charge in [-0.05, 0) is 57.5 Å². The molecule has 0 aliphatic heterocycles. The van der Waals surface area contributed by atoms with E-state index in [1.54, 1.807) is 11.3 Å². The van der Waals surface area contributed by atoms with Crippen LogP contribution in [0.4, 0.5) is 0 Å². The molecule has 0 radical (unpaired) electrons. The van der Waals surface area contributed by atoms with Gasteiger partial charge in [0.2, 0.25) is 0 Å². The van der Waals surface area contributed by atoms with Gasteiger partial charge >= 0.3 is 0 Å². The summed E-state index contributed by atoms with van der Waals surface area (Å²) in [5.41, 5.74) is 3.59. The third kappa shape index (κ3) is 3.35. The van der Waals surface area contributed by atoms with E-state index in [-0.39, 0.29) is 0 Å². The van der Waals surface area contributed by atoms with Crippen molar-refractivity contribution in [3.8, 4) is 11.1 Å². The quantitative estimate of drug-likeness (QED) is 0.723. The molecule has 1 N–H and O–H groups in total. The van der Waals surface area contributed by atoms with Crippen LogP contribution in [0.1, 0.15) is 18.9 Å². The van der Waals surface area contributed by atoms with E-state index in [0.717, 1.165) is 34.6 Å². The highest BCUT2D eigenvalue weighted by atomic mass is 79.9. The zero-order valence-corrected chi connectivity index (χ0v) is 13.3. The maximum absolute atomic E-state index is 6.23. The average Bonchev–Trinajstić information content (AvgIpc) is 2.78. The molecule has 0 amide bonds. The Morgan fingerprint density at radius 1 is 1.33 bits per heavy atom. The van der Waals surface area contributed by atoms with E-state index in [1.807, 2.05) is 6.07 Å². The van der Waals surface area contributed by atoms with Crippen LogP contribution in [0.2, 0.25) is 5.02 Å². The van der Waals surface area contributed by atoms with Crippen LogP contribution in [0.15, 0.2) is 33.4 Å². The van der Waals surface area contributed by atoms with Crippen LogP contribution in [0.25, 0.3) is 11.1 Å². The van der Waals surface area contributed by atoms with Crippen molar-refractivity contribution in [3.63, 3.8) is 0 Å². The lowest BCUT2D eigenvalue weighted by Crippen LogP contribution is -2.14. The smallest absolute Gasteiger partial charge is 0.0451 e. The van der Waals surface area contributed by atoms with E-state index in [4.69, 9.17) is 11.6 Å². The Hall–Kier alpha value is -0.350. The Kier molecular flexibility index (Phi) is 5.25. The molecule has 1 heterocycles. The summed E-state index contributed by atoms with van der Waals surface area (Å²) >= 11 is 11.5.